The maximum Gasteiger partial charge on any atom is 0.233 e. The van der Waals surface area contributed by atoms with Gasteiger partial charge in [-0.1, -0.05) is 5.16 Å². The van der Waals surface area contributed by atoms with Crippen molar-refractivity contribution in [2.24, 2.45) is 10.9 Å². The number of hydrogen-bond acceptors (Lipinski definition) is 4. The molecule has 1 saturated heterocycles. The molecule has 0 aliphatic carbocycles. The summed E-state index contributed by atoms with van der Waals surface area (Å²) in [6.45, 7) is 0. The molecule has 3 N–H and O–H groups in total. The average molecular weight is 221 g/mol. The zero-order valence-electron chi connectivity index (χ0n) is 8.05. The van der Waals surface area contributed by atoms with Gasteiger partial charge in [-0.2, -0.15) is 0 Å². The molecular weight excluding hydrogens is 206 g/mol. The first-order valence-corrected chi connectivity index (χ1v) is 6.19. The van der Waals surface area contributed by atoms with E-state index in [-0.39, 0.29) is 23.5 Å². The lowest BCUT2D eigenvalue weighted by Crippen LogP contribution is -2.45. The zero-order chi connectivity index (χ0) is 10.8. The molecule has 0 spiro atoms. The normalized spacial score (nSPS) is 23.4. The molecule has 1 rings (SSSR count). The van der Waals surface area contributed by atoms with Gasteiger partial charge in [-0.3, -0.25) is 0 Å². The largest absolute Gasteiger partial charge is 0.408 e. The number of nitrogens with two attached hydrogens (primary N) is 1. The molecular formula is C7H15N3O3S. The van der Waals surface area contributed by atoms with E-state index < -0.39 is 9.84 Å². The Bertz CT molecular complexity index is 311. The van der Waals surface area contributed by atoms with Gasteiger partial charge in [0.1, 0.15) is 9.84 Å². The molecule has 1 aliphatic rings. The molecule has 0 aromatic carbocycles. The highest BCUT2D eigenvalue weighted by molar-refractivity contribution is 7.91. The van der Waals surface area contributed by atoms with E-state index in [9.17, 15) is 8.42 Å². The summed E-state index contributed by atoms with van der Waals surface area (Å²) in [7, 11) is -1.16. The summed E-state index contributed by atoms with van der Waals surface area (Å²) in [5.41, 5.74) is 5.39. The number of guanidine groups is 1. The minimum Gasteiger partial charge on any atom is -0.408 e. The Labute approximate surface area is 83.3 Å². The van der Waals surface area contributed by atoms with Crippen molar-refractivity contribution in [2.75, 3.05) is 18.6 Å². The van der Waals surface area contributed by atoms with Gasteiger partial charge in [-0.15, -0.1) is 0 Å². The van der Waals surface area contributed by atoms with Crippen LogP contribution in [0.3, 0.4) is 0 Å². The Kier molecular flexibility index (Phi) is 3.20. The first kappa shape index (κ1) is 11.1. The molecule has 0 radical (unpaired) electrons. The Balaban J connectivity index is 2.58. The molecule has 7 heteroatoms. The smallest absolute Gasteiger partial charge is 0.233 e. The van der Waals surface area contributed by atoms with E-state index in [1.807, 2.05) is 0 Å². The van der Waals surface area contributed by atoms with Gasteiger partial charge in [0, 0.05) is 13.1 Å². The Morgan fingerprint density at radius 2 is 2.00 bits per heavy atom. The predicted molar refractivity (Wildman–Crippen MR) is 52.8 cm³/mol. The fraction of sp³-hybridized carbons (Fsp3) is 0.857. The lowest BCUT2D eigenvalue weighted by atomic mass is 10.1. The van der Waals surface area contributed by atoms with Crippen LogP contribution in [0.25, 0.3) is 0 Å². The van der Waals surface area contributed by atoms with Gasteiger partial charge in [0.25, 0.3) is 0 Å². The monoisotopic (exact) mass is 221 g/mol. The van der Waals surface area contributed by atoms with Crippen LogP contribution in [0.15, 0.2) is 5.16 Å². The lowest BCUT2D eigenvalue weighted by Gasteiger charge is -2.30. The van der Waals surface area contributed by atoms with Crippen molar-refractivity contribution >= 4 is 15.8 Å². The lowest BCUT2D eigenvalue weighted by molar-refractivity contribution is 0.281. The van der Waals surface area contributed by atoms with E-state index in [1.165, 1.54) is 0 Å². The summed E-state index contributed by atoms with van der Waals surface area (Å²) in [4.78, 5) is 1.61. The molecule has 6 nitrogen and oxygen atoms in total. The molecule has 0 saturated carbocycles. The van der Waals surface area contributed by atoms with Crippen molar-refractivity contribution in [3.8, 4) is 0 Å². The minimum absolute atomic E-state index is 0.0225. The third kappa shape index (κ3) is 2.50. The second kappa shape index (κ2) is 4.04. The summed E-state index contributed by atoms with van der Waals surface area (Å²) in [5, 5.41) is 11.3. The first-order chi connectivity index (χ1) is 6.46. The van der Waals surface area contributed by atoms with Crippen LogP contribution in [0.4, 0.5) is 0 Å². The summed E-state index contributed by atoms with van der Waals surface area (Å²) in [6.07, 6.45) is 1.07. The van der Waals surface area contributed by atoms with E-state index >= 15 is 0 Å². The van der Waals surface area contributed by atoms with Crippen LogP contribution >= 0.6 is 0 Å². The number of oxime groups is 1. The second-order valence-electron chi connectivity index (χ2n) is 3.45. The van der Waals surface area contributed by atoms with Crippen molar-refractivity contribution in [1.29, 1.82) is 0 Å². The van der Waals surface area contributed by atoms with Gasteiger partial charge < -0.3 is 15.8 Å². The van der Waals surface area contributed by atoms with Crippen LogP contribution in [0.1, 0.15) is 12.8 Å². The highest BCUT2D eigenvalue weighted by Gasteiger charge is 2.27. The number of hydrogen-bond donors (Lipinski definition) is 2. The molecule has 0 amide bonds. The molecule has 0 atom stereocenters. The standard InChI is InChI=1S/C7H15N3O3S/c1-10(7(8)9-11)6-2-4-14(12,13)5-3-6/h6,11H,2-5H2,1H3,(H2,8,9). The molecule has 0 aromatic heterocycles. The predicted octanol–water partition coefficient (Wildman–Crippen LogP) is -0.801. The van der Waals surface area contributed by atoms with Crippen molar-refractivity contribution < 1.29 is 13.6 Å². The van der Waals surface area contributed by atoms with E-state index in [0.717, 1.165) is 0 Å². The van der Waals surface area contributed by atoms with Gasteiger partial charge in [0.15, 0.2) is 0 Å². The summed E-state index contributed by atoms with van der Waals surface area (Å²) in [6, 6.07) is 0.0504. The van der Waals surface area contributed by atoms with Crippen LogP contribution < -0.4 is 5.73 Å². The van der Waals surface area contributed by atoms with E-state index in [1.54, 1.807) is 11.9 Å². The highest BCUT2D eigenvalue weighted by Crippen LogP contribution is 2.16. The van der Waals surface area contributed by atoms with Crippen molar-refractivity contribution in [3.05, 3.63) is 0 Å². The van der Waals surface area contributed by atoms with Crippen LogP contribution in [0.2, 0.25) is 0 Å². The number of sulfone groups is 1. The molecule has 0 bridgehead atoms. The van der Waals surface area contributed by atoms with Crippen LogP contribution in [-0.2, 0) is 9.84 Å². The first-order valence-electron chi connectivity index (χ1n) is 4.37. The van der Waals surface area contributed by atoms with Gasteiger partial charge in [-0.25, -0.2) is 8.42 Å². The van der Waals surface area contributed by atoms with Crippen LogP contribution in [-0.4, -0.2) is 49.1 Å². The number of nitrogens with zero attached hydrogens (tertiary/aromatic N) is 2. The fourth-order valence-corrected chi connectivity index (χ4v) is 2.99. The third-order valence-corrected chi connectivity index (χ3v) is 4.25. The van der Waals surface area contributed by atoms with Gasteiger partial charge >= 0.3 is 0 Å². The Morgan fingerprint density at radius 3 is 2.43 bits per heavy atom. The van der Waals surface area contributed by atoms with Crippen LogP contribution in [0, 0.1) is 0 Å². The van der Waals surface area contributed by atoms with Crippen molar-refractivity contribution in [3.63, 3.8) is 0 Å². The minimum atomic E-state index is -2.85. The zero-order valence-corrected chi connectivity index (χ0v) is 8.87. The Hall–Kier alpha value is -0.980. The third-order valence-electron chi connectivity index (χ3n) is 2.54. The van der Waals surface area contributed by atoms with Crippen LogP contribution in [0.5, 0.6) is 0 Å². The molecule has 1 aliphatic heterocycles. The summed E-state index contributed by atoms with van der Waals surface area (Å²) in [5.74, 6) is 0.385. The summed E-state index contributed by atoms with van der Waals surface area (Å²) >= 11 is 0. The highest BCUT2D eigenvalue weighted by atomic mass is 32.2. The molecule has 82 valence electrons. The maximum atomic E-state index is 11.1. The average Bonchev–Trinajstić information content (AvgIpc) is 2.15. The van der Waals surface area contributed by atoms with E-state index in [4.69, 9.17) is 10.9 Å². The summed E-state index contributed by atoms with van der Waals surface area (Å²) < 4.78 is 22.3. The molecule has 1 heterocycles. The topological polar surface area (TPSA) is 96.0 Å². The molecule has 14 heavy (non-hydrogen) atoms. The number of rotatable bonds is 1. The molecule has 0 aromatic rings. The molecule has 0 unspecified atom stereocenters. The van der Waals surface area contributed by atoms with Crippen molar-refractivity contribution in [1.82, 2.24) is 4.90 Å². The quantitative estimate of drug-likeness (QED) is 0.261. The van der Waals surface area contributed by atoms with E-state index in [0.29, 0.717) is 12.8 Å². The maximum absolute atomic E-state index is 11.1. The SMILES string of the molecule is CN(/C(N)=N/O)C1CCS(=O)(=O)CC1. The molecule has 1 fully saturated rings. The van der Waals surface area contributed by atoms with Crippen molar-refractivity contribution in [2.45, 2.75) is 18.9 Å². The fourth-order valence-electron chi connectivity index (χ4n) is 1.52. The van der Waals surface area contributed by atoms with Gasteiger partial charge in [0.2, 0.25) is 5.96 Å². The Morgan fingerprint density at radius 1 is 1.50 bits per heavy atom. The van der Waals surface area contributed by atoms with E-state index in [2.05, 4.69) is 5.16 Å². The second-order valence-corrected chi connectivity index (χ2v) is 5.76. The van der Waals surface area contributed by atoms with Gasteiger partial charge in [-0.05, 0) is 12.8 Å². The van der Waals surface area contributed by atoms with Gasteiger partial charge in [0.05, 0.1) is 11.5 Å².